The van der Waals surface area contributed by atoms with Gasteiger partial charge in [-0.1, -0.05) is 123 Å². The predicted octanol–water partition coefficient (Wildman–Crippen LogP) is 9.76. The van der Waals surface area contributed by atoms with Crippen LogP contribution in [0.4, 0.5) is 4.79 Å². The van der Waals surface area contributed by atoms with Gasteiger partial charge in [0.2, 0.25) is 0 Å². The Morgan fingerprint density at radius 3 is 2.20 bits per heavy atom. The monoisotopic (exact) mass is 568 g/mol. The van der Waals surface area contributed by atoms with Crippen molar-refractivity contribution in [3.8, 4) is 11.5 Å². The second-order valence-corrected chi connectivity index (χ2v) is 13.0. The second-order valence-electron chi connectivity index (χ2n) is 13.0. The summed E-state index contributed by atoms with van der Waals surface area (Å²) < 4.78 is 17.8. The van der Waals surface area contributed by atoms with E-state index in [1.807, 2.05) is 6.07 Å². The first kappa shape index (κ1) is 31.9. The van der Waals surface area contributed by atoms with Crippen LogP contribution >= 0.6 is 0 Å². The number of hydrogen-bond donors (Lipinski definition) is 1. The van der Waals surface area contributed by atoms with Gasteiger partial charge in [-0.2, -0.15) is 0 Å². The van der Waals surface area contributed by atoms with Crippen molar-refractivity contribution in [1.82, 2.24) is 0 Å². The topological polar surface area (TPSA) is 65.0 Å². The van der Waals surface area contributed by atoms with Crippen molar-refractivity contribution in [2.45, 2.75) is 160 Å². The molecule has 0 radical (unpaired) electrons. The molecule has 3 aliphatic rings. The summed E-state index contributed by atoms with van der Waals surface area (Å²) in [4.78, 5) is 12.7. The highest BCUT2D eigenvalue weighted by Gasteiger charge is 2.68. The van der Waals surface area contributed by atoms with Crippen molar-refractivity contribution >= 4 is 6.16 Å². The van der Waals surface area contributed by atoms with Crippen LogP contribution in [0.5, 0.6) is 11.5 Å². The number of benzene rings is 1. The molecule has 1 aliphatic heterocycles. The maximum atomic E-state index is 12.7. The fourth-order valence-corrected chi connectivity index (χ4v) is 8.14. The summed E-state index contributed by atoms with van der Waals surface area (Å²) in [6, 6.07) is 3.91. The van der Waals surface area contributed by atoms with E-state index in [4.69, 9.17) is 14.2 Å². The third-order valence-electron chi connectivity index (χ3n) is 10.2. The molecular weight excluding hydrogens is 512 g/mol. The van der Waals surface area contributed by atoms with Gasteiger partial charge in [0.25, 0.3) is 0 Å². The molecule has 5 nitrogen and oxygen atoms in total. The highest BCUT2D eigenvalue weighted by atomic mass is 16.7. The second kappa shape index (κ2) is 14.9. The number of carbonyl (C=O) groups is 1. The molecule has 1 aromatic rings. The molecule has 4 rings (SSSR count). The van der Waals surface area contributed by atoms with E-state index >= 15 is 0 Å². The van der Waals surface area contributed by atoms with Gasteiger partial charge in [-0.05, 0) is 55.2 Å². The number of unbranched alkanes of at least 4 members (excludes halogenated alkanes) is 12. The van der Waals surface area contributed by atoms with E-state index < -0.39 is 17.2 Å². The molecule has 0 aromatic heterocycles. The molecule has 1 aromatic carbocycles. The summed E-state index contributed by atoms with van der Waals surface area (Å²) >= 11 is 0. The fourth-order valence-electron chi connectivity index (χ4n) is 8.14. The van der Waals surface area contributed by atoms with E-state index in [0.717, 1.165) is 56.1 Å². The minimum atomic E-state index is -0.852. The minimum Gasteiger partial charge on any atom is -0.481 e. The molecule has 4 atom stereocenters. The Bertz CT molecular complexity index is 1020. The van der Waals surface area contributed by atoms with Gasteiger partial charge in [0.05, 0.1) is 17.6 Å². The summed E-state index contributed by atoms with van der Waals surface area (Å²) in [5.41, 5.74) is 1.88. The van der Waals surface area contributed by atoms with Crippen LogP contribution in [0.15, 0.2) is 24.3 Å². The quantitative estimate of drug-likeness (QED) is 0.0826. The molecule has 230 valence electrons. The van der Waals surface area contributed by atoms with Crippen LogP contribution in [0.3, 0.4) is 0 Å². The van der Waals surface area contributed by atoms with Crippen molar-refractivity contribution in [2.24, 2.45) is 5.92 Å². The number of aliphatic hydroxyl groups is 1. The Hall–Kier alpha value is -2.01. The first-order valence-corrected chi connectivity index (χ1v) is 17.0. The van der Waals surface area contributed by atoms with E-state index in [2.05, 4.69) is 33.4 Å². The number of hydrogen-bond acceptors (Lipinski definition) is 5. The zero-order valence-corrected chi connectivity index (χ0v) is 26.2. The van der Waals surface area contributed by atoms with Gasteiger partial charge in [-0.25, -0.2) is 4.79 Å². The van der Waals surface area contributed by atoms with Crippen molar-refractivity contribution in [3.63, 3.8) is 0 Å². The summed E-state index contributed by atoms with van der Waals surface area (Å²) in [6.45, 7) is 11.3. The van der Waals surface area contributed by atoms with Gasteiger partial charge in [0.15, 0.2) is 11.5 Å². The van der Waals surface area contributed by atoms with Crippen molar-refractivity contribution in [1.29, 1.82) is 0 Å². The number of ether oxygens (including phenoxy) is 3. The molecular formula is C36H56O5. The van der Waals surface area contributed by atoms with Crippen molar-refractivity contribution < 1.29 is 24.1 Å². The van der Waals surface area contributed by atoms with Crippen LogP contribution in [-0.2, 0) is 16.6 Å². The largest absolute Gasteiger partial charge is 0.513 e. The number of rotatable bonds is 18. The van der Waals surface area contributed by atoms with Gasteiger partial charge in [0, 0.05) is 5.56 Å². The highest BCUT2D eigenvalue weighted by molar-refractivity contribution is 5.69. The normalized spacial score (nSPS) is 26.0. The Morgan fingerprint density at radius 1 is 0.951 bits per heavy atom. The van der Waals surface area contributed by atoms with Gasteiger partial charge in [0.1, 0.15) is 6.10 Å². The molecule has 2 aliphatic carbocycles. The average molecular weight is 569 g/mol. The number of carbonyl (C=O) groups excluding carboxylic acids is 1. The third kappa shape index (κ3) is 6.65. The molecule has 0 saturated heterocycles. The smallest absolute Gasteiger partial charge is 0.481 e. The van der Waals surface area contributed by atoms with Crippen LogP contribution in [0, 0.1) is 5.92 Å². The molecule has 1 fully saturated rings. The van der Waals surface area contributed by atoms with E-state index in [-0.39, 0.29) is 12.0 Å². The van der Waals surface area contributed by atoms with Gasteiger partial charge in [-0.15, -0.1) is 0 Å². The average Bonchev–Trinajstić information content (AvgIpc) is 3.33. The first-order valence-electron chi connectivity index (χ1n) is 17.0. The maximum absolute atomic E-state index is 12.7. The van der Waals surface area contributed by atoms with Crippen LogP contribution in [0.25, 0.3) is 0 Å². The molecule has 0 bridgehead atoms. The van der Waals surface area contributed by atoms with Crippen LogP contribution in [0.1, 0.15) is 147 Å². The molecule has 41 heavy (non-hydrogen) atoms. The lowest BCUT2D eigenvalue weighted by atomic mass is 9.48. The highest BCUT2D eigenvalue weighted by Crippen LogP contribution is 2.66. The standard InChI is InChI=1S/C36H56O5/c1-5-8-9-10-11-12-13-14-15-16-17-18-19-25-39-34(37)40-30-21-20-28-26-29(7-3)36(38)24-22-27(4)33-35(36,23-6-2)31(28)32(30)41-33/h20-21,29,33,38H,4-19,22-26H2,1-3H3. The van der Waals surface area contributed by atoms with E-state index in [0.29, 0.717) is 24.5 Å². The SMILES string of the molecule is C=C1CCC2(O)C(CC)Cc3ccc(OC(=O)OCCCCCCCCCCCCCCC)c4c3C2(CCC)C1O4. The zero-order chi connectivity index (χ0) is 29.3. The lowest BCUT2D eigenvalue weighted by Gasteiger charge is -2.58. The zero-order valence-electron chi connectivity index (χ0n) is 26.2. The van der Waals surface area contributed by atoms with Crippen LogP contribution in [-0.4, -0.2) is 29.6 Å². The van der Waals surface area contributed by atoms with Gasteiger partial charge in [-0.3, -0.25) is 0 Å². The van der Waals surface area contributed by atoms with E-state index in [1.54, 1.807) is 0 Å². The van der Waals surface area contributed by atoms with Gasteiger partial charge < -0.3 is 19.3 Å². The fraction of sp³-hybridized carbons (Fsp3) is 0.750. The third-order valence-corrected chi connectivity index (χ3v) is 10.2. The van der Waals surface area contributed by atoms with E-state index in [9.17, 15) is 9.90 Å². The van der Waals surface area contributed by atoms with E-state index in [1.165, 1.54) is 76.2 Å². The molecule has 1 saturated carbocycles. The Balaban J connectivity index is 1.25. The predicted molar refractivity (Wildman–Crippen MR) is 166 cm³/mol. The molecule has 4 unspecified atom stereocenters. The van der Waals surface area contributed by atoms with Crippen LogP contribution < -0.4 is 9.47 Å². The van der Waals surface area contributed by atoms with Crippen molar-refractivity contribution in [3.05, 3.63) is 35.4 Å². The summed E-state index contributed by atoms with van der Waals surface area (Å²) in [5, 5.41) is 12.3. The molecule has 1 heterocycles. The summed E-state index contributed by atoms with van der Waals surface area (Å²) in [6.07, 6.45) is 20.6. The van der Waals surface area contributed by atoms with Crippen molar-refractivity contribution in [2.75, 3.05) is 6.61 Å². The molecule has 0 amide bonds. The van der Waals surface area contributed by atoms with Gasteiger partial charge >= 0.3 is 6.16 Å². The Morgan fingerprint density at radius 2 is 1.59 bits per heavy atom. The molecule has 0 spiro atoms. The molecule has 1 N–H and O–H groups in total. The minimum absolute atomic E-state index is 0.170. The Labute approximate surface area is 249 Å². The lowest BCUT2D eigenvalue weighted by molar-refractivity contribution is -0.137. The molecule has 5 heteroatoms. The summed E-state index contributed by atoms with van der Waals surface area (Å²) in [5.74, 6) is 1.17. The first-order chi connectivity index (χ1) is 19.9. The van der Waals surface area contributed by atoms with Crippen LogP contribution in [0.2, 0.25) is 0 Å². The Kier molecular flexibility index (Phi) is 11.6. The lowest BCUT2D eigenvalue weighted by Crippen LogP contribution is -2.66. The maximum Gasteiger partial charge on any atom is 0.513 e. The summed E-state index contributed by atoms with van der Waals surface area (Å²) in [7, 11) is 0.